The summed E-state index contributed by atoms with van der Waals surface area (Å²) in [5.41, 5.74) is 5.09. The van der Waals surface area contributed by atoms with Crippen LogP contribution in [0, 0.1) is 0 Å². The van der Waals surface area contributed by atoms with Crippen molar-refractivity contribution in [3.05, 3.63) is 23.9 Å². The zero-order valence-corrected chi connectivity index (χ0v) is 17.4. The summed E-state index contributed by atoms with van der Waals surface area (Å²) < 4.78 is 77.4. The maximum Gasteiger partial charge on any atom is 0.434 e. The molecule has 1 atom stereocenters. The van der Waals surface area contributed by atoms with E-state index < -0.39 is 27.0 Å². The van der Waals surface area contributed by atoms with Crippen LogP contribution in [0.2, 0.25) is 0 Å². The summed E-state index contributed by atoms with van der Waals surface area (Å²) in [5.74, 6) is 0. The van der Waals surface area contributed by atoms with Crippen LogP contribution >= 0.6 is 11.3 Å². The zero-order valence-electron chi connectivity index (χ0n) is 15.8. The summed E-state index contributed by atoms with van der Waals surface area (Å²) >= 11 is 0.685. The first kappa shape index (κ1) is 21.3. The fraction of sp³-hybridized carbons (Fsp3) is 0.500. The van der Waals surface area contributed by atoms with E-state index in [1.807, 2.05) is 4.90 Å². The maximum atomic E-state index is 13.5. The Morgan fingerprint density at radius 1 is 1.13 bits per heavy atom. The Balaban J connectivity index is 1.87. The second-order valence-corrected chi connectivity index (χ2v) is 10.3. The smallest absolute Gasteiger partial charge is 0.380 e. The highest BCUT2D eigenvalue weighted by molar-refractivity contribution is 7.92. The van der Waals surface area contributed by atoms with Crippen LogP contribution in [0.15, 0.2) is 23.1 Å². The molecule has 0 bridgehead atoms. The summed E-state index contributed by atoms with van der Waals surface area (Å²) in [6.07, 6.45) is -4.36. The first-order chi connectivity index (χ1) is 14.2. The summed E-state index contributed by atoms with van der Waals surface area (Å²) in [6.45, 7) is 2.32. The molecule has 30 heavy (non-hydrogen) atoms. The average Bonchev–Trinajstić information content (AvgIpc) is 3.38. The van der Waals surface area contributed by atoms with Gasteiger partial charge in [-0.1, -0.05) is 11.3 Å². The lowest BCUT2D eigenvalue weighted by Crippen LogP contribution is -2.36. The standard InChI is InChI=1S/C18H20F3N3O4S2/c19-18(20,21)16-15(29-17(22)23-16)11-7-12(24-2-5-27-6-3-24)9-14(8-11)30(25,26)13-1-4-28-10-13/h7-9,13H,1-6,10H2,(H2,22,23). The number of ether oxygens (including phenoxy) is 2. The van der Waals surface area contributed by atoms with Crippen molar-refractivity contribution in [1.82, 2.24) is 4.98 Å². The number of nitrogens with two attached hydrogens (primary N) is 1. The van der Waals surface area contributed by atoms with E-state index in [2.05, 4.69) is 4.98 Å². The lowest BCUT2D eigenvalue weighted by Gasteiger charge is -2.29. The predicted molar refractivity (Wildman–Crippen MR) is 106 cm³/mol. The Kier molecular flexibility index (Phi) is 5.68. The topological polar surface area (TPSA) is 94.7 Å². The van der Waals surface area contributed by atoms with Crippen molar-refractivity contribution in [1.29, 1.82) is 0 Å². The van der Waals surface area contributed by atoms with Gasteiger partial charge in [-0.3, -0.25) is 0 Å². The maximum absolute atomic E-state index is 13.5. The second-order valence-electron chi connectivity index (χ2n) is 7.07. The molecule has 1 unspecified atom stereocenters. The fourth-order valence-corrected chi connectivity index (χ4v) is 6.04. The van der Waals surface area contributed by atoms with Crippen molar-refractivity contribution >= 4 is 32.0 Å². The van der Waals surface area contributed by atoms with Gasteiger partial charge < -0.3 is 20.1 Å². The number of nitrogens with zero attached hydrogens (tertiary/aromatic N) is 2. The van der Waals surface area contributed by atoms with Crippen LogP contribution in [0.1, 0.15) is 12.1 Å². The van der Waals surface area contributed by atoms with E-state index in [0.717, 1.165) is 0 Å². The highest BCUT2D eigenvalue weighted by Gasteiger charge is 2.38. The van der Waals surface area contributed by atoms with Gasteiger partial charge in [0.05, 0.1) is 34.8 Å². The minimum absolute atomic E-state index is 0.0305. The highest BCUT2D eigenvalue weighted by atomic mass is 32.2. The molecule has 2 aliphatic rings. The number of nitrogen functional groups attached to an aromatic ring is 1. The molecular formula is C18H20F3N3O4S2. The lowest BCUT2D eigenvalue weighted by atomic mass is 10.1. The molecule has 1 aromatic carbocycles. The number of benzene rings is 1. The number of thiazole rings is 1. The molecule has 0 amide bonds. The van der Waals surface area contributed by atoms with Crippen molar-refractivity contribution in [3.63, 3.8) is 0 Å². The van der Waals surface area contributed by atoms with Crippen molar-refractivity contribution in [2.45, 2.75) is 22.7 Å². The number of morpholine rings is 1. The van der Waals surface area contributed by atoms with Gasteiger partial charge in [0.25, 0.3) is 0 Å². The average molecular weight is 464 g/mol. The Morgan fingerprint density at radius 3 is 2.50 bits per heavy atom. The van der Waals surface area contributed by atoms with Gasteiger partial charge in [-0.15, -0.1) is 0 Å². The highest BCUT2D eigenvalue weighted by Crippen LogP contribution is 2.43. The molecule has 2 N–H and O–H groups in total. The molecule has 2 aromatic rings. The minimum Gasteiger partial charge on any atom is -0.380 e. The molecule has 0 radical (unpaired) electrons. The number of anilines is 2. The Labute approximate surface area is 175 Å². The summed E-state index contributed by atoms with van der Waals surface area (Å²) in [5, 5.41) is -0.957. The fourth-order valence-electron chi connectivity index (χ4n) is 3.56. The third-order valence-corrected chi connectivity index (χ3v) is 8.17. The van der Waals surface area contributed by atoms with E-state index in [1.54, 1.807) is 6.07 Å². The summed E-state index contributed by atoms with van der Waals surface area (Å²) in [4.78, 5) is 5.11. The molecule has 2 fully saturated rings. The summed E-state index contributed by atoms with van der Waals surface area (Å²) in [7, 11) is -3.78. The van der Waals surface area contributed by atoms with Crippen LogP contribution in [-0.4, -0.2) is 58.2 Å². The van der Waals surface area contributed by atoms with E-state index in [1.165, 1.54) is 12.1 Å². The van der Waals surface area contributed by atoms with E-state index in [-0.39, 0.29) is 27.1 Å². The third-order valence-electron chi connectivity index (χ3n) is 5.10. The van der Waals surface area contributed by atoms with Crippen LogP contribution < -0.4 is 10.6 Å². The van der Waals surface area contributed by atoms with E-state index in [9.17, 15) is 21.6 Å². The van der Waals surface area contributed by atoms with Gasteiger partial charge in [-0.25, -0.2) is 13.4 Å². The van der Waals surface area contributed by atoms with Gasteiger partial charge in [-0.05, 0) is 30.2 Å². The molecule has 0 aliphatic carbocycles. The van der Waals surface area contributed by atoms with E-state index >= 15 is 0 Å². The Hall–Kier alpha value is -1.89. The molecular weight excluding hydrogens is 443 g/mol. The molecule has 1 aromatic heterocycles. The van der Waals surface area contributed by atoms with E-state index in [4.69, 9.17) is 15.2 Å². The van der Waals surface area contributed by atoms with Crippen LogP contribution in [-0.2, 0) is 25.5 Å². The van der Waals surface area contributed by atoms with Crippen molar-refractivity contribution in [3.8, 4) is 10.4 Å². The van der Waals surface area contributed by atoms with Gasteiger partial charge in [0, 0.05) is 25.4 Å². The molecule has 0 saturated carbocycles. The van der Waals surface area contributed by atoms with Gasteiger partial charge in [0.2, 0.25) is 0 Å². The van der Waals surface area contributed by atoms with Crippen LogP contribution in [0.4, 0.5) is 24.0 Å². The predicted octanol–water partition coefficient (Wildman–Crippen LogP) is 2.81. The lowest BCUT2D eigenvalue weighted by molar-refractivity contribution is -0.140. The number of aromatic nitrogens is 1. The van der Waals surface area contributed by atoms with Crippen LogP contribution in [0.25, 0.3) is 10.4 Å². The largest absolute Gasteiger partial charge is 0.434 e. The number of hydrogen-bond acceptors (Lipinski definition) is 8. The van der Waals surface area contributed by atoms with Crippen LogP contribution in [0.5, 0.6) is 0 Å². The number of rotatable bonds is 4. The van der Waals surface area contributed by atoms with Crippen molar-refractivity contribution in [2.75, 3.05) is 50.2 Å². The van der Waals surface area contributed by atoms with Crippen LogP contribution in [0.3, 0.4) is 0 Å². The molecule has 7 nitrogen and oxygen atoms in total. The molecule has 164 valence electrons. The van der Waals surface area contributed by atoms with Gasteiger partial charge in [0.1, 0.15) is 0 Å². The first-order valence-electron chi connectivity index (χ1n) is 9.29. The van der Waals surface area contributed by atoms with Crippen molar-refractivity contribution < 1.29 is 31.1 Å². The zero-order chi connectivity index (χ0) is 21.5. The molecule has 12 heteroatoms. The SMILES string of the molecule is Nc1nc(C(F)(F)F)c(-c2cc(N3CCOCC3)cc(S(=O)(=O)C3CCOC3)c2)s1. The second kappa shape index (κ2) is 7.98. The number of halogens is 3. The Bertz CT molecular complexity index is 1030. The first-order valence-corrected chi connectivity index (χ1v) is 11.7. The molecule has 2 aliphatic heterocycles. The molecule has 3 heterocycles. The monoisotopic (exact) mass is 463 g/mol. The normalized spacial score (nSPS) is 20.6. The Morgan fingerprint density at radius 2 is 1.87 bits per heavy atom. The quantitative estimate of drug-likeness (QED) is 0.745. The third kappa shape index (κ3) is 4.13. The molecule has 2 saturated heterocycles. The molecule has 0 spiro atoms. The number of alkyl halides is 3. The summed E-state index contributed by atoms with van der Waals surface area (Å²) in [6, 6.07) is 4.34. The number of sulfone groups is 1. The minimum atomic E-state index is -4.71. The van der Waals surface area contributed by atoms with Crippen molar-refractivity contribution in [2.24, 2.45) is 0 Å². The van der Waals surface area contributed by atoms with E-state index in [0.29, 0.717) is 56.4 Å². The van der Waals surface area contributed by atoms with Gasteiger partial charge in [0.15, 0.2) is 20.7 Å². The molecule has 4 rings (SSSR count). The van der Waals surface area contributed by atoms with Gasteiger partial charge in [-0.2, -0.15) is 13.2 Å². The van der Waals surface area contributed by atoms with Gasteiger partial charge >= 0.3 is 6.18 Å². The number of hydrogen-bond donors (Lipinski definition) is 1.